The first-order chi connectivity index (χ1) is 13.4. The average Bonchev–Trinajstić information content (AvgIpc) is 3.43. The Balaban J connectivity index is 1.57. The molecule has 2 aliphatic heterocycles. The Morgan fingerprint density at radius 3 is 2.79 bits per heavy atom. The molecule has 0 amide bonds. The highest BCUT2D eigenvalue weighted by Gasteiger charge is 2.71. The number of likely N-dealkylation sites (tertiary alicyclic amines) is 1. The van der Waals surface area contributed by atoms with Crippen molar-refractivity contribution < 1.29 is 14.3 Å². The predicted octanol–water partition coefficient (Wildman–Crippen LogP) is 3.60. The number of hydrogen-bond donors (Lipinski definition) is 0. The maximum atomic E-state index is 13.7. The van der Waals surface area contributed by atoms with Crippen LogP contribution in [0.25, 0.3) is 0 Å². The number of carbonyl (C=O) groups is 1. The summed E-state index contributed by atoms with van der Waals surface area (Å²) in [5.74, 6) is 3.65. The van der Waals surface area contributed by atoms with Gasteiger partial charge in [-0.15, -0.1) is 0 Å². The zero-order chi connectivity index (χ0) is 19.4. The molecule has 0 N–H and O–H groups in total. The monoisotopic (exact) mass is 381 g/mol. The van der Waals surface area contributed by atoms with Crippen molar-refractivity contribution >= 4 is 5.78 Å². The summed E-state index contributed by atoms with van der Waals surface area (Å²) in [6.07, 6.45) is 4.55. The van der Waals surface area contributed by atoms with Gasteiger partial charge in [0.05, 0.1) is 7.11 Å². The largest absolute Gasteiger partial charge is 0.493 e. The smallest absolute Gasteiger partial charge is 0.180 e. The number of ether oxygens (including phenoxy) is 2. The van der Waals surface area contributed by atoms with Crippen LogP contribution in [0.15, 0.2) is 12.1 Å². The average molecular weight is 382 g/mol. The van der Waals surface area contributed by atoms with Crippen LogP contribution in [0.4, 0.5) is 0 Å². The van der Waals surface area contributed by atoms with E-state index in [1.165, 1.54) is 30.5 Å². The number of benzene rings is 1. The van der Waals surface area contributed by atoms with Crippen molar-refractivity contribution in [2.75, 3.05) is 20.2 Å². The highest BCUT2D eigenvalue weighted by atomic mass is 16.5. The molecule has 1 spiro atoms. The number of Topliss-reactive ketones (excluding diaryl/α,β-unsaturated/α-hetero) is 1. The van der Waals surface area contributed by atoms with Gasteiger partial charge in [0.25, 0.3) is 0 Å². The lowest BCUT2D eigenvalue weighted by molar-refractivity contribution is -0.163. The number of methoxy groups -OCH3 is 1. The van der Waals surface area contributed by atoms with Crippen molar-refractivity contribution in [2.24, 2.45) is 23.2 Å². The second kappa shape index (κ2) is 5.33. The topological polar surface area (TPSA) is 38.8 Å². The van der Waals surface area contributed by atoms with Gasteiger partial charge >= 0.3 is 0 Å². The molecule has 3 fully saturated rings. The minimum Gasteiger partial charge on any atom is -0.493 e. The Kier molecular flexibility index (Phi) is 3.29. The molecule has 4 heteroatoms. The summed E-state index contributed by atoms with van der Waals surface area (Å²) < 4.78 is 12.2. The van der Waals surface area contributed by atoms with E-state index < -0.39 is 0 Å². The van der Waals surface area contributed by atoms with Crippen LogP contribution in [0.3, 0.4) is 0 Å². The van der Waals surface area contributed by atoms with Crippen molar-refractivity contribution in [3.05, 3.63) is 23.3 Å². The molecular formula is C24H31NO3. The molecule has 2 bridgehead atoms. The molecule has 6 rings (SSSR count). The molecule has 3 aliphatic carbocycles. The minimum atomic E-state index is -0.355. The van der Waals surface area contributed by atoms with Gasteiger partial charge in [-0.3, -0.25) is 9.69 Å². The number of piperidine rings is 1. The molecule has 5 atom stereocenters. The predicted molar refractivity (Wildman–Crippen MR) is 107 cm³/mol. The van der Waals surface area contributed by atoms with E-state index in [-0.39, 0.29) is 22.7 Å². The second-order valence-corrected chi connectivity index (χ2v) is 10.5. The molecule has 1 unspecified atom stereocenters. The Morgan fingerprint density at radius 1 is 1.29 bits per heavy atom. The number of carbonyl (C=O) groups excluding carboxylic acids is 1. The molecule has 150 valence electrons. The minimum absolute atomic E-state index is 0.159. The molecule has 2 heterocycles. The molecule has 2 saturated carbocycles. The van der Waals surface area contributed by atoms with Gasteiger partial charge in [0.2, 0.25) is 0 Å². The van der Waals surface area contributed by atoms with Gasteiger partial charge in [-0.05, 0) is 61.6 Å². The zero-order valence-corrected chi connectivity index (χ0v) is 17.5. The third-order valence-corrected chi connectivity index (χ3v) is 9.06. The van der Waals surface area contributed by atoms with Crippen LogP contribution in [-0.4, -0.2) is 43.0 Å². The third kappa shape index (κ3) is 1.89. The molecule has 0 aromatic heterocycles. The fraction of sp³-hybridized carbons (Fsp3) is 0.708. The van der Waals surface area contributed by atoms with E-state index in [0.29, 0.717) is 17.9 Å². The molecule has 0 radical (unpaired) electrons. The molecule has 5 aliphatic rings. The van der Waals surface area contributed by atoms with Crippen molar-refractivity contribution in [3.8, 4) is 11.5 Å². The summed E-state index contributed by atoms with van der Waals surface area (Å²) >= 11 is 0. The summed E-state index contributed by atoms with van der Waals surface area (Å²) in [7, 11) is 1.71. The van der Waals surface area contributed by atoms with E-state index in [1.54, 1.807) is 7.11 Å². The number of hydrogen-bond acceptors (Lipinski definition) is 4. The van der Waals surface area contributed by atoms with Crippen LogP contribution in [0.1, 0.15) is 51.2 Å². The van der Waals surface area contributed by atoms with Crippen LogP contribution in [0.2, 0.25) is 0 Å². The van der Waals surface area contributed by atoms with E-state index in [1.807, 2.05) is 6.07 Å². The first-order valence-electron chi connectivity index (χ1n) is 11.0. The molecular weight excluding hydrogens is 350 g/mol. The van der Waals surface area contributed by atoms with Gasteiger partial charge in [-0.1, -0.05) is 26.8 Å². The number of rotatable bonds is 3. The standard InChI is InChI=1S/C24H31NO3/c1-13-18-16-11-15-7-8-17(27-4)20-19(15)24(18,9-10-25(16)12-14-5-6-14)22(28-20)21(26)23(13,2)3/h7-8,13-14,16,18,22H,5-6,9-12H2,1-4H3/t13-,16-,18?,22+,24+/m1/s1. The van der Waals surface area contributed by atoms with E-state index in [9.17, 15) is 4.79 Å². The van der Waals surface area contributed by atoms with Crippen LogP contribution < -0.4 is 9.47 Å². The Morgan fingerprint density at radius 2 is 2.07 bits per heavy atom. The molecule has 1 aromatic rings. The highest BCUT2D eigenvalue weighted by molar-refractivity contribution is 5.93. The molecule has 1 aromatic carbocycles. The van der Waals surface area contributed by atoms with Crippen molar-refractivity contribution in [2.45, 2.75) is 64.0 Å². The summed E-state index contributed by atoms with van der Waals surface area (Å²) in [6, 6.07) is 4.81. The second-order valence-electron chi connectivity index (χ2n) is 10.5. The van der Waals surface area contributed by atoms with Gasteiger partial charge in [-0.2, -0.15) is 0 Å². The normalized spacial score (nSPS) is 40.1. The van der Waals surface area contributed by atoms with E-state index in [0.717, 1.165) is 36.8 Å². The summed E-state index contributed by atoms with van der Waals surface area (Å²) in [5, 5.41) is 0. The zero-order valence-electron chi connectivity index (χ0n) is 17.5. The van der Waals surface area contributed by atoms with E-state index in [4.69, 9.17) is 9.47 Å². The van der Waals surface area contributed by atoms with Gasteiger partial charge in [0.15, 0.2) is 23.4 Å². The number of nitrogens with zero attached hydrogens (tertiary/aromatic N) is 1. The molecule has 28 heavy (non-hydrogen) atoms. The Labute approximate surface area is 167 Å². The van der Waals surface area contributed by atoms with Gasteiger partial charge in [-0.25, -0.2) is 0 Å². The highest BCUT2D eigenvalue weighted by Crippen LogP contribution is 2.67. The fourth-order valence-corrected chi connectivity index (χ4v) is 7.16. The van der Waals surface area contributed by atoms with Crippen molar-refractivity contribution in [3.63, 3.8) is 0 Å². The quantitative estimate of drug-likeness (QED) is 0.802. The van der Waals surface area contributed by atoms with Gasteiger partial charge < -0.3 is 9.47 Å². The van der Waals surface area contributed by atoms with Gasteiger partial charge in [0, 0.05) is 29.0 Å². The summed E-state index contributed by atoms with van der Waals surface area (Å²) in [4.78, 5) is 16.4. The van der Waals surface area contributed by atoms with Crippen LogP contribution in [0, 0.1) is 23.2 Å². The van der Waals surface area contributed by atoms with Gasteiger partial charge in [0.1, 0.15) is 0 Å². The van der Waals surface area contributed by atoms with Crippen LogP contribution in [0.5, 0.6) is 11.5 Å². The first-order valence-corrected chi connectivity index (χ1v) is 11.0. The lowest BCUT2D eigenvalue weighted by atomic mass is 9.44. The maximum Gasteiger partial charge on any atom is 0.180 e. The summed E-state index contributed by atoms with van der Waals surface area (Å²) in [5.41, 5.74) is 2.19. The third-order valence-electron chi connectivity index (χ3n) is 9.06. The van der Waals surface area contributed by atoms with Crippen LogP contribution in [-0.2, 0) is 16.6 Å². The maximum absolute atomic E-state index is 13.7. The SMILES string of the molecule is COc1ccc2c3c1O[C@H]1C(=O)C(C)(C)[C@H](C)C4[C@@H](C2)N(CC2CC2)CC[C@@]341. The molecule has 4 nitrogen and oxygen atoms in total. The molecule has 1 saturated heterocycles. The van der Waals surface area contributed by atoms with E-state index >= 15 is 0 Å². The van der Waals surface area contributed by atoms with Crippen LogP contribution >= 0.6 is 0 Å². The van der Waals surface area contributed by atoms with Crippen molar-refractivity contribution in [1.29, 1.82) is 0 Å². The first kappa shape index (κ1) is 17.3. The Hall–Kier alpha value is -1.55. The lowest BCUT2D eigenvalue weighted by Crippen LogP contribution is -2.71. The summed E-state index contributed by atoms with van der Waals surface area (Å²) in [6.45, 7) is 8.95. The van der Waals surface area contributed by atoms with E-state index in [2.05, 4.69) is 31.7 Å². The lowest BCUT2D eigenvalue weighted by Gasteiger charge is -2.62. The Bertz CT molecular complexity index is 873. The number of ketones is 1. The fourth-order valence-electron chi connectivity index (χ4n) is 7.16. The van der Waals surface area contributed by atoms with Crippen molar-refractivity contribution in [1.82, 2.24) is 4.90 Å².